The van der Waals surface area contributed by atoms with Crippen LogP contribution in [0.25, 0.3) is 0 Å². The van der Waals surface area contributed by atoms with Crippen LogP contribution in [0.1, 0.15) is 16.1 Å². The van der Waals surface area contributed by atoms with Gasteiger partial charge in [-0.3, -0.25) is 4.98 Å². The van der Waals surface area contributed by atoms with Crippen LogP contribution < -0.4 is 11.1 Å². The second-order valence-corrected chi connectivity index (χ2v) is 3.82. The molecule has 19 heavy (non-hydrogen) atoms. The molecule has 0 saturated heterocycles. The summed E-state index contributed by atoms with van der Waals surface area (Å²) in [5.41, 5.74) is 7.13. The highest BCUT2D eigenvalue weighted by Gasteiger charge is 2.11. The summed E-state index contributed by atoms with van der Waals surface area (Å²) in [6, 6.07) is 7.20. The number of carbonyl (C=O) groups excluding carboxylic acids is 1. The zero-order valence-electron chi connectivity index (χ0n) is 10.5. The van der Waals surface area contributed by atoms with Crippen LogP contribution in [-0.2, 0) is 11.3 Å². The third-order valence-electron chi connectivity index (χ3n) is 2.52. The van der Waals surface area contributed by atoms with Gasteiger partial charge < -0.3 is 15.8 Å². The molecule has 0 atom stereocenters. The number of nitrogens with two attached hydrogens (primary N) is 1. The van der Waals surface area contributed by atoms with Crippen LogP contribution in [0.15, 0.2) is 36.7 Å². The molecule has 0 fully saturated rings. The molecule has 0 saturated carbocycles. The van der Waals surface area contributed by atoms with E-state index in [0.717, 1.165) is 5.69 Å². The average Bonchev–Trinajstić information content (AvgIpc) is 2.46. The molecule has 98 valence electrons. The summed E-state index contributed by atoms with van der Waals surface area (Å²) >= 11 is 0. The predicted molar refractivity (Wildman–Crippen MR) is 71.6 cm³/mol. The molecule has 0 aromatic carbocycles. The summed E-state index contributed by atoms with van der Waals surface area (Å²) in [6.07, 6.45) is 3.14. The molecule has 3 N–H and O–H groups in total. The number of rotatable bonds is 4. The molecule has 0 spiro atoms. The minimum Gasteiger partial charge on any atom is -0.465 e. The number of carbonyl (C=O) groups is 1. The maximum absolute atomic E-state index is 11.5. The fourth-order valence-corrected chi connectivity index (χ4v) is 1.53. The summed E-state index contributed by atoms with van der Waals surface area (Å²) in [4.78, 5) is 19.8. The van der Waals surface area contributed by atoms with Crippen molar-refractivity contribution < 1.29 is 9.53 Å². The lowest BCUT2D eigenvalue weighted by atomic mass is 10.2. The third kappa shape index (κ3) is 3.19. The van der Waals surface area contributed by atoms with Crippen LogP contribution in [-0.4, -0.2) is 23.0 Å². The van der Waals surface area contributed by atoms with Crippen molar-refractivity contribution in [3.8, 4) is 0 Å². The molecule has 0 unspecified atom stereocenters. The van der Waals surface area contributed by atoms with Gasteiger partial charge >= 0.3 is 5.97 Å². The number of aromatic nitrogens is 2. The summed E-state index contributed by atoms with van der Waals surface area (Å²) in [7, 11) is 1.31. The highest BCUT2D eigenvalue weighted by molar-refractivity contribution is 5.95. The SMILES string of the molecule is COC(=O)c1cc(NCc2ccccn2)ncc1N. The Bertz CT molecular complexity index is 572. The number of methoxy groups -OCH3 is 1. The zero-order chi connectivity index (χ0) is 13.7. The Kier molecular flexibility index (Phi) is 3.92. The molecule has 2 aromatic heterocycles. The van der Waals surface area contributed by atoms with Crippen LogP contribution in [0.4, 0.5) is 11.5 Å². The van der Waals surface area contributed by atoms with Gasteiger partial charge in [-0.15, -0.1) is 0 Å². The van der Waals surface area contributed by atoms with Crippen molar-refractivity contribution in [2.75, 3.05) is 18.2 Å². The van der Waals surface area contributed by atoms with E-state index >= 15 is 0 Å². The Morgan fingerprint density at radius 2 is 2.26 bits per heavy atom. The number of nitrogen functional groups attached to an aromatic ring is 1. The fourth-order valence-electron chi connectivity index (χ4n) is 1.53. The quantitative estimate of drug-likeness (QED) is 0.807. The van der Waals surface area contributed by atoms with Crippen molar-refractivity contribution in [3.05, 3.63) is 47.9 Å². The third-order valence-corrected chi connectivity index (χ3v) is 2.52. The molecule has 6 heteroatoms. The monoisotopic (exact) mass is 258 g/mol. The van der Waals surface area contributed by atoms with Crippen molar-refractivity contribution >= 4 is 17.5 Å². The van der Waals surface area contributed by atoms with Crippen LogP contribution in [0.2, 0.25) is 0 Å². The standard InChI is InChI=1S/C13H14N4O2/c1-19-13(18)10-6-12(17-8-11(10)14)16-7-9-4-2-3-5-15-9/h2-6,8H,7,14H2,1H3,(H,16,17). The number of ether oxygens (including phenoxy) is 1. The molecular formula is C13H14N4O2. The highest BCUT2D eigenvalue weighted by Crippen LogP contribution is 2.16. The van der Waals surface area contributed by atoms with Gasteiger partial charge in [0, 0.05) is 6.20 Å². The van der Waals surface area contributed by atoms with E-state index in [0.29, 0.717) is 17.9 Å². The van der Waals surface area contributed by atoms with Gasteiger partial charge in [-0.05, 0) is 18.2 Å². The van der Waals surface area contributed by atoms with Crippen molar-refractivity contribution in [3.63, 3.8) is 0 Å². The number of pyridine rings is 2. The molecule has 2 heterocycles. The lowest BCUT2D eigenvalue weighted by Gasteiger charge is -2.08. The summed E-state index contributed by atoms with van der Waals surface area (Å²) in [5, 5.41) is 3.07. The predicted octanol–water partition coefficient (Wildman–Crippen LogP) is 1.46. The van der Waals surface area contributed by atoms with Crippen LogP contribution in [0.3, 0.4) is 0 Å². The average molecular weight is 258 g/mol. The van der Waals surface area contributed by atoms with Gasteiger partial charge in [-0.1, -0.05) is 6.07 Å². The fraction of sp³-hybridized carbons (Fsp3) is 0.154. The Morgan fingerprint density at radius 1 is 1.42 bits per heavy atom. The number of anilines is 2. The van der Waals surface area contributed by atoms with Crippen molar-refractivity contribution in [2.45, 2.75) is 6.54 Å². The lowest BCUT2D eigenvalue weighted by Crippen LogP contribution is -2.09. The molecule has 6 nitrogen and oxygen atoms in total. The van der Waals surface area contributed by atoms with E-state index < -0.39 is 5.97 Å². The minimum atomic E-state index is -0.485. The Balaban J connectivity index is 2.11. The second-order valence-electron chi connectivity index (χ2n) is 3.82. The van der Waals surface area contributed by atoms with Gasteiger partial charge in [-0.25, -0.2) is 9.78 Å². The van der Waals surface area contributed by atoms with E-state index in [2.05, 4.69) is 20.0 Å². The second kappa shape index (κ2) is 5.81. The largest absolute Gasteiger partial charge is 0.465 e. The number of nitrogens with one attached hydrogen (secondary N) is 1. The summed E-state index contributed by atoms with van der Waals surface area (Å²) in [6.45, 7) is 0.512. The molecule has 0 amide bonds. The van der Waals surface area contributed by atoms with E-state index in [-0.39, 0.29) is 5.69 Å². The van der Waals surface area contributed by atoms with Crippen LogP contribution in [0, 0.1) is 0 Å². The van der Waals surface area contributed by atoms with E-state index in [1.54, 1.807) is 12.3 Å². The van der Waals surface area contributed by atoms with E-state index in [9.17, 15) is 4.79 Å². The van der Waals surface area contributed by atoms with Crippen molar-refractivity contribution in [1.82, 2.24) is 9.97 Å². The van der Waals surface area contributed by atoms with E-state index in [1.807, 2.05) is 18.2 Å². The first-order valence-electron chi connectivity index (χ1n) is 5.68. The minimum absolute atomic E-state index is 0.287. The number of esters is 1. The molecular weight excluding hydrogens is 244 g/mol. The molecule has 2 rings (SSSR count). The molecule has 0 radical (unpaired) electrons. The van der Waals surface area contributed by atoms with Gasteiger partial charge in [0.15, 0.2) is 0 Å². The maximum atomic E-state index is 11.5. The van der Waals surface area contributed by atoms with E-state index in [4.69, 9.17) is 5.73 Å². The summed E-state index contributed by atoms with van der Waals surface area (Å²) in [5.74, 6) is 0.0565. The van der Waals surface area contributed by atoms with Gasteiger partial charge in [0.1, 0.15) is 5.82 Å². The Hall–Kier alpha value is -2.63. The Morgan fingerprint density at radius 3 is 2.95 bits per heavy atom. The first-order chi connectivity index (χ1) is 9.20. The first kappa shape index (κ1) is 12.8. The van der Waals surface area contributed by atoms with Crippen LogP contribution in [0.5, 0.6) is 0 Å². The van der Waals surface area contributed by atoms with Gasteiger partial charge in [-0.2, -0.15) is 0 Å². The number of hydrogen-bond acceptors (Lipinski definition) is 6. The molecule has 2 aromatic rings. The lowest BCUT2D eigenvalue weighted by molar-refractivity contribution is 0.0602. The Labute approximate surface area is 110 Å². The maximum Gasteiger partial charge on any atom is 0.340 e. The van der Waals surface area contributed by atoms with Gasteiger partial charge in [0.05, 0.1) is 36.8 Å². The number of hydrogen-bond donors (Lipinski definition) is 2. The van der Waals surface area contributed by atoms with Crippen molar-refractivity contribution in [2.24, 2.45) is 0 Å². The normalized spacial score (nSPS) is 9.95. The molecule has 0 aliphatic rings. The van der Waals surface area contributed by atoms with Crippen LogP contribution >= 0.6 is 0 Å². The van der Waals surface area contributed by atoms with E-state index in [1.165, 1.54) is 13.3 Å². The van der Waals surface area contributed by atoms with Gasteiger partial charge in [0.2, 0.25) is 0 Å². The smallest absolute Gasteiger partial charge is 0.340 e. The first-order valence-corrected chi connectivity index (χ1v) is 5.68. The molecule has 0 aliphatic carbocycles. The zero-order valence-corrected chi connectivity index (χ0v) is 10.5. The van der Waals surface area contributed by atoms with Crippen molar-refractivity contribution in [1.29, 1.82) is 0 Å². The summed E-state index contributed by atoms with van der Waals surface area (Å²) < 4.78 is 4.65. The number of nitrogens with zero attached hydrogens (tertiary/aromatic N) is 2. The van der Waals surface area contributed by atoms with Gasteiger partial charge in [0.25, 0.3) is 0 Å². The highest BCUT2D eigenvalue weighted by atomic mass is 16.5. The molecule has 0 bridgehead atoms. The molecule has 0 aliphatic heterocycles. The topological polar surface area (TPSA) is 90.1 Å².